The van der Waals surface area contributed by atoms with Crippen molar-refractivity contribution in [3.63, 3.8) is 0 Å². The summed E-state index contributed by atoms with van der Waals surface area (Å²) in [6.45, 7) is 18.8. The highest BCUT2D eigenvalue weighted by Gasteiger charge is 2.47. The number of H-pyrrole nitrogens is 2. The second-order valence-corrected chi connectivity index (χ2v) is 11.8. The standard InChI is InChI=1S/C30H36N6/c1-17-18(2)24(12-25-19(3)20(4)26(15-31)35-25)34-23(17)10-21-13-28(5,6)27(33-21)11-22-14-29(7,8)30(9,16-32)36-22/h10-12,34-35H,13-14H2,1-9H3/b23-10-,24-12-,27-11-. The lowest BCUT2D eigenvalue weighted by molar-refractivity contribution is 0.276. The Hall–Kier alpha value is -3.64. The maximum absolute atomic E-state index is 9.70. The molecule has 6 heteroatoms. The smallest absolute Gasteiger partial charge is 0.149 e. The quantitative estimate of drug-likeness (QED) is 0.648. The van der Waals surface area contributed by atoms with Gasteiger partial charge in [0.1, 0.15) is 17.3 Å². The van der Waals surface area contributed by atoms with Gasteiger partial charge in [0.15, 0.2) is 0 Å². The molecule has 0 aromatic carbocycles. The summed E-state index contributed by atoms with van der Waals surface area (Å²) >= 11 is 0. The summed E-state index contributed by atoms with van der Waals surface area (Å²) in [7, 11) is 0. The van der Waals surface area contributed by atoms with Crippen molar-refractivity contribution in [3.05, 3.63) is 56.1 Å². The van der Waals surface area contributed by atoms with Crippen LogP contribution in [0.25, 0.3) is 12.2 Å². The van der Waals surface area contributed by atoms with Crippen LogP contribution in [0.3, 0.4) is 0 Å². The molecule has 0 bridgehead atoms. The zero-order valence-corrected chi connectivity index (χ0v) is 22.9. The lowest BCUT2D eigenvalue weighted by Gasteiger charge is -2.29. The Kier molecular flexibility index (Phi) is 6.00. The van der Waals surface area contributed by atoms with Crippen molar-refractivity contribution in [1.82, 2.24) is 9.97 Å². The van der Waals surface area contributed by atoms with Crippen molar-refractivity contribution in [1.29, 1.82) is 10.5 Å². The van der Waals surface area contributed by atoms with E-state index in [0.29, 0.717) is 5.69 Å². The molecule has 2 aromatic heterocycles. The van der Waals surface area contributed by atoms with E-state index in [1.165, 1.54) is 11.1 Å². The molecule has 2 aliphatic heterocycles. The monoisotopic (exact) mass is 480 g/mol. The Bertz CT molecular complexity index is 1550. The van der Waals surface area contributed by atoms with Crippen molar-refractivity contribution in [2.45, 2.75) is 80.7 Å². The van der Waals surface area contributed by atoms with Gasteiger partial charge in [0.05, 0.1) is 6.07 Å². The summed E-state index contributed by atoms with van der Waals surface area (Å²) in [6, 6.07) is 4.64. The number of hydrogen-bond acceptors (Lipinski definition) is 4. The van der Waals surface area contributed by atoms with E-state index in [2.05, 4.69) is 81.9 Å². The highest BCUT2D eigenvalue weighted by Crippen LogP contribution is 2.44. The van der Waals surface area contributed by atoms with E-state index in [1.807, 2.05) is 20.8 Å². The molecule has 2 aromatic rings. The molecule has 1 atom stereocenters. The van der Waals surface area contributed by atoms with Crippen molar-refractivity contribution in [2.24, 2.45) is 20.8 Å². The predicted molar refractivity (Wildman–Crippen MR) is 146 cm³/mol. The van der Waals surface area contributed by atoms with E-state index < -0.39 is 5.54 Å². The van der Waals surface area contributed by atoms with Gasteiger partial charge in [0.25, 0.3) is 0 Å². The fraction of sp³-hybridized carbons (Fsp3) is 0.467. The van der Waals surface area contributed by atoms with Gasteiger partial charge >= 0.3 is 0 Å². The Morgan fingerprint density at radius 2 is 1.42 bits per heavy atom. The van der Waals surface area contributed by atoms with Crippen LogP contribution in [0, 0.1) is 61.2 Å². The van der Waals surface area contributed by atoms with Crippen LogP contribution < -0.4 is 10.7 Å². The van der Waals surface area contributed by atoms with Crippen molar-refractivity contribution >= 4 is 23.6 Å². The average molecular weight is 481 g/mol. The maximum Gasteiger partial charge on any atom is 0.149 e. The van der Waals surface area contributed by atoms with Crippen molar-refractivity contribution in [2.75, 3.05) is 0 Å². The third-order valence-electron chi connectivity index (χ3n) is 8.36. The molecule has 0 saturated heterocycles. The molecule has 6 nitrogen and oxygen atoms in total. The summed E-state index contributed by atoms with van der Waals surface area (Å²) in [5.41, 5.74) is 7.98. The van der Waals surface area contributed by atoms with Crippen LogP contribution in [0.15, 0.2) is 21.8 Å². The molecule has 0 saturated carbocycles. The van der Waals surface area contributed by atoms with Crippen LogP contribution in [0.5, 0.6) is 0 Å². The van der Waals surface area contributed by atoms with Crippen LogP contribution in [-0.4, -0.2) is 26.9 Å². The number of nitriles is 2. The molecular weight excluding hydrogens is 444 g/mol. The molecule has 0 spiro atoms. The SMILES string of the molecule is Cc1c(C#N)[nH]c(/C=c2\[nH]/c(=C\C3=NC(=C\C4=NC(C)(C#N)C(C)(C)C4)/C(C)(C)C3)c(C)c2C)c1C. The number of rotatable bonds is 3. The Morgan fingerprint density at radius 3 is 1.97 bits per heavy atom. The van der Waals surface area contributed by atoms with Crippen LogP contribution in [-0.2, 0) is 0 Å². The Balaban J connectivity index is 1.73. The fourth-order valence-electron chi connectivity index (χ4n) is 5.02. The minimum absolute atomic E-state index is 0.110. The third kappa shape index (κ3) is 4.16. The molecule has 36 heavy (non-hydrogen) atoms. The van der Waals surface area contributed by atoms with E-state index in [4.69, 9.17) is 9.98 Å². The lowest BCUT2D eigenvalue weighted by Crippen LogP contribution is -2.34. The van der Waals surface area contributed by atoms with E-state index in [1.54, 1.807) is 0 Å². The van der Waals surface area contributed by atoms with E-state index >= 15 is 0 Å². The summed E-state index contributed by atoms with van der Waals surface area (Å²) in [5, 5.41) is 21.1. The average Bonchev–Trinajstić information content (AvgIpc) is 3.41. The molecule has 186 valence electrons. The topological polar surface area (TPSA) is 104 Å². The highest BCUT2D eigenvalue weighted by atomic mass is 14.9. The fourth-order valence-corrected chi connectivity index (χ4v) is 5.02. The van der Waals surface area contributed by atoms with Gasteiger partial charge in [-0.15, -0.1) is 0 Å². The predicted octanol–water partition coefficient (Wildman–Crippen LogP) is 4.97. The molecule has 2 aliphatic rings. The van der Waals surface area contributed by atoms with Gasteiger partial charge in [-0.2, -0.15) is 10.5 Å². The number of hydrogen-bond donors (Lipinski definition) is 2. The normalized spacial score (nSPS) is 24.7. The third-order valence-corrected chi connectivity index (χ3v) is 8.36. The number of nitrogens with zero attached hydrogens (tertiary/aromatic N) is 4. The summed E-state index contributed by atoms with van der Waals surface area (Å²) < 4.78 is 0. The molecule has 4 heterocycles. The van der Waals surface area contributed by atoms with Gasteiger partial charge in [0.2, 0.25) is 0 Å². The molecular formula is C30H36N6. The number of allylic oxidation sites excluding steroid dienone is 2. The highest BCUT2D eigenvalue weighted by molar-refractivity contribution is 6.13. The van der Waals surface area contributed by atoms with Gasteiger partial charge < -0.3 is 9.97 Å². The first-order valence-electron chi connectivity index (χ1n) is 12.5. The molecule has 0 radical (unpaired) electrons. The molecule has 4 rings (SSSR count). The summed E-state index contributed by atoms with van der Waals surface area (Å²) in [6.07, 6.45) is 7.93. The zero-order valence-electron chi connectivity index (χ0n) is 22.9. The van der Waals surface area contributed by atoms with Crippen molar-refractivity contribution < 1.29 is 0 Å². The molecule has 0 aliphatic carbocycles. The van der Waals surface area contributed by atoms with Gasteiger partial charge in [-0.25, -0.2) is 0 Å². The van der Waals surface area contributed by atoms with Crippen LogP contribution in [0.4, 0.5) is 0 Å². The van der Waals surface area contributed by atoms with Gasteiger partial charge in [0, 0.05) is 50.8 Å². The number of nitrogens with one attached hydrogen (secondary N) is 2. The molecule has 0 fully saturated rings. The van der Waals surface area contributed by atoms with Crippen LogP contribution in [0.2, 0.25) is 0 Å². The number of aliphatic imine (C=N–C) groups is 2. The molecule has 1 unspecified atom stereocenters. The van der Waals surface area contributed by atoms with E-state index in [-0.39, 0.29) is 10.8 Å². The van der Waals surface area contributed by atoms with Crippen LogP contribution in [0.1, 0.15) is 81.1 Å². The first-order valence-corrected chi connectivity index (χ1v) is 12.5. The first kappa shape index (κ1) is 25.5. The Labute approximate surface area is 213 Å². The molecule has 2 N–H and O–H groups in total. The van der Waals surface area contributed by atoms with E-state index in [0.717, 1.165) is 57.5 Å². The zero-order chi connectivity index (χ0) is 26.6. The number of aromatic amines is 2. The van der Waals surface area contributed by atoms with E-state index in [9.17, 15) is 10.5 Å². The summed E-state index contributed by atoms with van der Waals surface area (Å²) in [5.74, 6) is 0. The summed E-state index contributed by atoms with van der Waals surface area (Å²) in [4.78, 5) is 16.6. The number of aromatic nitrogens is 2. The minimum atomic E-state index is -0.712. The largest absolute Gasteiger partial charge is 0.355 e. The van der Waals surface area contributed by atoms with Gasteiger partial charge in [-0.05, 0) is 81.5 Å². The van der Waals surface area contributed by atoms with Crippen LogP contribution >= 0.6 is 0 Å². The van der Waals surface area contributed by atoms with Gasteiger partial charge in [-0.3, -0.25) is 9.98 Å². The van der Waals surface area contributed by atoms with Crippen molar-refractivity contribution in [3.8, 4) is 12.1 Å². The van der Waals surface area contributed by atoms with Gasteiger partial charge in [-0.1, -0.05) is 27.7 Å². The maximum atomic E-state index is 9.70. The first-order chi connectivity index (χ1) is 16.7. The minimum Gasteiger partial charge on any atom is -0.355 e. The molecule has 0 amide bonds. The Morgan fingerprint density at radius 1 is 0.778 bits per heavy atom. The lowest BCUT2D eigenvalue weighted by atomic mass is 9.74. The second-order valence-electron chi connectivity index (χ2n) is 11.8. The second kappa shape index (κ2) is 8.49.